The lowest BCUT2D eigenvalue weighted by atomic mass is 10.1. The molecule has 1 aromatic carbocycles. The summed E-state index contributed by atoms with van der Waals surface area (Å²) in [4.78, 5) is -1.31. The second-order valence-corrected chi connectivity index (χ2v) is 4.18. The number of alkyl halides is 5. The van der Waals surface area contributed by atoms with Crippen molar-refractivity contribution in [3.8, 4) is 0 Å². The van der Waals surface area contributed by atoms with Gasteiger partial charge in [0.2, 0.25) is 0 Å². The summed E-state index contributed by atoms with van der Waals surface area (Å²) in [5.41, 5.74) is -1.51. The average Bonchev–Trinajstić information content (AvgIpc) is 2.15. The summed E-state index contributed by atoms with van der Waals surface area (Å²) in [6.07, 6.45) is -6.20. The monoisotopic (exact) mass is 276 g/mol. The Morgan fingerprint density at radius 2 is 1.75 bits per heavy atom. The second kappa shape index (κ2) is 4.77. The predicted octanol–water partition coefficient (Wildman–Crippen LogP) is 3.68. The first-order valence-electron chi connectivity index (χ1n) is 4.06. The van der Waals surface area contributed by atoms with E-state index in [4.69, 9.17) is 23.2 Å². The van der Waals surface area contributed by atoms with E-state index in [0.717, 1.165) is 6.07 Å². The zero-order valence-corrected chi connectivity index (χ0v) is 9.11. The van der Waals surface area contributed by atoms with Crippen LogP contribution in [0.25, 0.3) is 0 Å². The highest BCUT2D eigenvalue weighted by molar-refractivity contribution is 6.44. The van der Waals surface area contributed by atoms with Crippen molar-refractivity contribution in [2.75, 3.05) is 0 Å². The summed E-state index contributed by atoms with van der Waals surface area (Å²) in [6.45, 7) is 0. The van der Waals surface area contributed by atoms with Crippen molar-refractivity contribution in [1.29, 1.82) is 0 Å². The highest BCUT2D eigenvalue weighted by Gasteiger charge is 2.32. The van der Waals surface area contributed by atoms with Gasteiger partial charge in [-0.2, -0.15) is 13.2 Å². The molecule has 0 saturated carbocycles. The number of hydrogen-bond donors (Lipinski definition) is 1. The molecule has 0 fully saturated rings. The fourth-order valence-corrected chi connectivity index (χ4v) is 1.35. The van der Waals surface area contributed by atoms with E-state index in [2.05, 4.69) is 0 Å². The van der Waals surface area contributed by atoms with Crippen LogP contribution in [0.2, 0.25) is 0 Å². The maximum Gasteiger partial charge on any atom is 0.416 e. The fourth-order valence-electron chi connectivity index (χ4n) is 1.08. The van der Waals surface area contributed by atoms with Gasteiger partial charge >= 0.3 is 6.18 Å². The molecule has 0 amide bonds. The molecule has 0 aromatic heterocycles. The number of aliphatic hydroxyl groups is 1. The summed E-state index contributed by atoms with van der Waals surface area (Å²) in [5, 5.41) is 9.29. The highest BCUT2D eigenvalue weighted by Crippen LogP contribution is 2.33. The summed E-state index contributed by atoms with van der Waals surface area (Å²) in [7, 11) is 0. The molecule has 7 heteroatoms. The van der Waals surface area contributed by atoms with Gasteiger partial charge in [-0.25, -0.2) is 4.39 Å². The second-order valence-electron chi connectivity index (χ2n) is 3.01. The van der Waals surface area contributed by atoms with Crippen LogP contribution < -0.4 is 0 Å². The van der Waals surface area contributed by atoms with E-state index in [1.807, 2.05) is 0 Å². The van der Waals surface area contributed by atoms with E-state index in [9.17, 15) is 22.7 Å². The smallest absolute Gasteiger partial charge is 0.385 e. The lowest BCUT2D eigenvalue weighted by molar-refractivity contribution is -0.137. The van der Waals surface area contributed by atoms with Gasteiger partial charge in [0.15, 0.2) is 0 Å². The molecule has 1 aromatic rings. The Morgan fingerprint density at radius 3 is 2.12 bits per heavy atom. The minimum atomic E-state index is -4.63. The summed E-state index contributed by atoms with van der Waals surface area (Å²) in [5.74, 6) is -1.20. The molecule has 0 aliphatic carbocycles. The molecule has 1 unspecified atom stereocenters. The Balaban J connectivity index is 3.10. The molecule has 0 radical (unpaired) electrons. The summed E-state index contributed by atoms with van der Waals surface area (Å²) < 4.78 is 49.7. The fraction of sp³-hybridized carbons (Fsp3) is 0.333. The van der Waals surface area contributed by atoms with E-state index in [0.29, 0.717) is 6.07 Å². The van der Waals surface area contributed by atoms with Crippen LogP contribution in [0.3, 0.4) is 0 Å². The van der Waals surface area contributed by atoms with E-state index in [1.165, 1.54) is 0 Å². The maximum atomic E-state index is 13.2. The van der Waals surface area contributed by atoms with E-state index < -0.39 is 28.5 Å². The molecule has 0 spiro atoms. The molecule has 1 N–H and O–H groups in total. The SMILES string of the molecule is OC(c1ccc(C(F)(F)F)cc1F)C(Cl)Cl. The zero-order chi connectivity index (χ0) is 12.5. The molecule has 1 atom stereocenters. The van der Waals surface area contributed by atoms with Crippen molar-refractivity contribution in [2.24, 2.45) is 0 Å². The van der Waals surface area contributed by atoms with Crippen molar-refractivity contribution in [1.82, 2.24) is 0 Å². The Kier molecular flexibility index (Phi) is 4.04. The van der Waals surface area contributed by atoms with Crippen LogP contribution in [-0.4, -0.2) is 9.94 Å². The molecule has 16 heavy (non-hydrogen) atoms. The molecule has 0 aliphatic rings. The number of hydrogen-bond acceptors (Lipinski definition) is 1. The zero-order valence-electron chi connectivity index (χ0n) is 7.60. The molecule has 1 rings (SSSR count). The van der Waals surface area contributed by atoms with Gasteiger partial charge in [0.05, 0.1) is 5.56 Å². The molecule has 1 nitrogen and oxygen atoms in total. The predicted molar refractivity (Wildman–Crippen MR) is 51.9 cm³/mol. The molecule has 90 valence electrons. The third-order valence-electron chi connectivity index (χ3n) is 1.89. The number of aliphatic hydroxyl groups excluding tert-OH is 1. The number of halogens is 6. The molecule has 0 bridgehead atoms. The third-order valence-corrected chi connectivity index (χ3v) is 2.36. The van der Waals surface area contributed by atoms with Gasteiger partial charge in [0.1, 0.15) is 16.8 Å². The number of benzene rings is 1. The molecule has 0 saturated heterocycles. The maximum absolute atomic E-state index is 13.2. The average molecular weight is 277 g/mol. The lowest BCUT2D eigenvalue weighted by Crippen LogP contribution is -2.11. The van der Waals surface area contributed by atoms with Gasteiger partial charge in [-0.05, 0) is 12.1 Å². The third kappa shape index (κ3) is 2.99. The Morgan fingerprint density at radius 1 is 1.19 bits per heavy atom. The van der Waals surface area contributed by atoms with Crippen LogP contribution in [0, 0.1) is 5.82 Å². The van der Waals surface area contributed by atoms with E-state index in [-0.39, 0.29) is 11.6 Å². The first-order valence-corrected chi connectivity index (χ1v) is 4.93. The van der Waals surface area contributed by atoms with Crippen molar-refractivity contribution < 1.29 is 22.7 Å². The Hall–Kier alpha value is -0.520. The van der Waals surface area contributed by atoms with Gasteiger partial charge in [0.25, 0.3) is 0 Å². The van der Waals surface area contributed by atoms with E-state index >= 15 is 0 Å². The molecule has 0 heterocycles. The molecule has 0 aliphatic heterocycles. The van der Waals surface area contributed by atoms with Gasteiger partial charge in [-0.15, -0.1) is 23.2 Å². The Bertz CT molecular complexity index is 378. The van der Waals surface area contributed by atoms with Gasteiger partial charge in [-0.3, -0.25) is 0 Å². The minimum Gasteiger partial charge on any atom is -0.385 e. The first-order chi connectivity index (χ1) is 7.23. The standard InChI is InChI=1S/C9H6Cl2F4O/c10-8(11)7(16)5-2-1-4(3-6(5)12)9(13,14)15/h1-3,7-8,16H. The topological polar surface area (TPSA) is 20.2 Å². The van der Waals surface area contributed by atoms with Gasteiger partial charge in [0, 0.05) is 5.56 Å². The Labute approximate surface area is 98.6 Å². The lowest BCUT2D eigenvalue weighted by Gasteiger charge is -2.14. The van der Waals surface area contributed by atoms with Gasteiger partial charge in [-0.1, -0.05) is 6.07 Å². The molecular weight excluding hydrogens is 271 g/mol. The minimum absolute atomic E-state index is 0.286. The van der Waals surface area contributed by atoms with Crippen molar-refractivity contribution in [2.45, 2.75) is 17.1 Å². The van der Waals surface area contributed by atoms with Crippen LogP contribution in [-0.2, 0) is 6.18 Å². The summed E-state index contributed by atoms with van der Waals surface area (Å²) >= 11 is 10.6. The van der Waals surface area contributed by atoms with Crippen LogP contribution >= 0.6 is 23.2 Å². The van der Waals surface area contributed by atoms with E-state index in [1.54, 1.807) is 0 Å². The van der Waals surface area contributed by atoms with Crippen LogP contribution in [0.1, 0.15) is 17.2 Å². The van der Waals surface area contributed by atoms with Gasteiger partial charge < -0.3 is 5.11 Å². The first kappa shape index (κ1) is 13.5. The van der Waals surface area contributed by atoms with Crippen LogP contribution in [0.5, 0.6) is 0 Å². The normalized spacial score (nSPS) is 14.2. The highest BCUT2D eigenvalue weighted by atomic mass is 35.5. The van der Waals surface area contributed by atoms with Crippen LogP contribution in [0.4, 0.5) is 17.6 Å². The quantitative estimate of drug-likeness (QED) is 0.645. The van der Waals surface area contributed by atoms with Crippen molar-refractivity contribution in [3.05, 3.63) is 35.1 Å². The summed E-state index contributed by atoms with van der Waals surface area (Å²) in [6, 6.07) is 1.74. The largest absolute Gasteiger partial charge is 0.416 e. The van der Waals surface area contributed by atoms with Crippen molar-refractivity contribution in [3.63, 3.8) is 0 Å². The van der Waals surface area contributed by atoms with Crippen LogP contribution in [0.15, 0.2) is 18.2 Å². The molecular formula is C9H6Cl2F4O. The number of rotatable bonds is 2. The van der Waals surface area contributed by atoms with Crippen molar-refractivity contribution >= 4 is 23.2 Å².